The molecule has 3 aromatic rings. The van der Waals surface area contributed by atoms with Crippen molar-refractivity contribution in [3.05, 3.63) is 52.7 Å². The molecular formula is C18H17N5O2S2. The van der Waals surface area contributed by atoms with Crippen LogP contribution in [0.2, 0.25) is 0 Å². The molecule has 2 heterocycles. The third kappa shape index (κ3) is 4.87. The Bertz CT molecular complexity index is 973. The van der Waals surface area contributed by atoms with E-state index in [-0.39, 0.29) is 11.7 Å². The first-order chi connectivity index (χ1) is 13.1. The molecule has 27 heavy (non-hydrogen) atoms. The lowest BCUT2D eigenvalue weighted by molar-refractivity contribution is -0.113. The Morgan fingerprint density at radius 2 is 2.11 bits per heavy atom. The van der Waals surface area contributed by atoms with E-state index in [1.807, 2.05) is 44.3 Å². The van der Waals surface area contributed by atoms with E-state index in [4.69, 9.17) is 10.00 Å². The van der Waals surface area contributed by atoms with Crippen molar-refractivity contribution in [3.63, 3.8) is 0 Å². The number of benzene rings is 1. The number of hydrogen-bond donors (Lipinski definition) is 1. The minimum absolute atomic E-state index is 0.174. The van der Waals surface area contributed by atoms with Crippen LogP contribution in [0.15, 0.2) is 40.9 Å². The Kier molecular flexibility index (Phi) is 6.11. The highest BCUT2D eigenvalue weighted by molar-refractivity contribution is 7.99. The maximum absolute atomic E-state index is 12.1. The van der Waals surface area contributed by atoms with Gasteiger partial charge in [-0.15, -0.1) is 21.5 Å². The molecule has 0 spiro atoms. The van der Waals surface area contributed by atoms with E-state index in [0.29, 0.717) is 28.2 Å². The molecule has 0 aliphatic carbocycles. The zero-order valence-electron chi connectivity index (χ0n) is 14.8. The maximum Gasteiger partial charge on any atom is 0.235 e. The van der Waals surface area contributed by atoms with Crippen molar-refractivity contribution in [2.75, 3.05) is 11.1 Å². The molecule has 1 aromatic carbocycles. The van der Waals surface area contributed by atoms with Gasteiger partial charge in [0.1, 0.15) is 23.4 Å². The fourth-order valence-corrected chi connectivity index (χ4v) is 3.65. The molecule has 9 heteroatoms. The summed E-state index contributed by atoms with van der Waals surface area (Å²) in [6.45, 7) is 2.31. The fourth-order valence-electron chi connectivity index (χ4n) is 2.17. The molecule has 0 bridgehead atoms. The molecule has 7 nitrogen and oxygen atoms in total. The summed E-state index contributed by atoms with van der Waals surface area (Å²) < 4.78 is 7.52. The van der Waals surface area contributed by atoms with Gasteiger partial charge in [0.15, 0.2) is 11.0 Å². The first-order valence-electron chi connectivity index (χ1n) is 8.05. The number of ether oxygens (including phenoxy) is 1. The molecule has 0 unspecified atom stereocenters. The molecule has 1 N–H and O–H groups in total. The van der Waals surface area contributed by atoms with Gasteiger partial charge in [0, 0.05) is 7.05 Å². The van der Waals surface area contributed by atoms with Gasteiger partial charge in [0.2, 0.25) is 5.91 Å². The van der Waals surface area contributed by atoms with Gasteiger partial charge in [-0.3, -0.25) is 4.79 Å². The smallest absolute Gasteiger partial charge is 0.235 e. The van der Waals surface area contributed by atoms with Crippen LogP contribution >= 0.6 is 23.1 Å². The zero-order valence-corrected chi connectivity index (χ0v) is 16.4. The van der Waals surface area contributed by atoms with Crippen LogP contribution in [0.25, 0.3) is 0 Å². The number of carbonyl (C=O) groups excluding carboxylic acids is 1. The Balaban J connectivity index is 1.53. The second kappa shape index (κ2) is 8.70. The van der Waals surface area contributed by atoms with E-state index in [0.717, 1.165) is 5.75 Å². The normalized spacial score (nSPS) is 10.4. The largest absolute Gasteiger partial charge is 0.486 e. The van der Waals surface area contributed by atoms with E-state index >= 15 is 0 Å². The van der Waals surface area contributed by atoms with Gasteiger partial charge in [0.05, 0.1) is 11.3 Å². The van der Waals surface area contributed by atoms with E-state index in [9.17, 15) is 4.79 Å². The van der Waals surface area contributed by atoms with Crippen molar-refractivity contribution in [1.82, 2.24) is 14.8 Å². The standard InChI is InChI=1S/C18H17N5O2S2/c1-12-3-5-14(6-4-12)25-10-15-21-22-18(23(15)2)27-11-16(24)20-17-13(9-19)7-8-26-17/h3-8H,10-11H2,1-2H3,(H,20,24). The lowest BCUT2D eigenvalue weighted by atomic mass is 10.2. The molecule has 0 saturated carbocycles. The van der Waals surface area contributed by atoms with Crippen molar-refractivity contribution in [1.29, 1.82) is 5.26 Å². The number of aryl methyl sites for hydroxylation is 1. The number of nitrogens with zero attached hydrogens (tertiary/aromatic N) is 4. The summed E-state index contributed by atoms with van der Waals surface area (Å²) in [6, 6.07) is 11.5. The third-order valence-corrected chi connectivity index (χ3v) is 5.54. The molecule has 0 aliphatic heterocycles. The molecule has 1 amide bonds. The number of thiophene rings is 1. The number of thioether (sulfide) groups is 1. The summed E-state index contributed by atoms with van der Waals surface area (Å²) in [6.07, 6.45) is 0. The van der Waals surface area contributed by atoms with Gasteiger partial charge in [-0.1, -0.05) is 29.5 Å². The highest BCUT2D eigenvalue weighted by Crippen LogP contribution is 2.23. The number of anilines is 1. The van der Waals surface area contributed by atoms with Crippen LogP contribution in [0, 0.1) is 18.3 Å². The van der Waals surface area contributed by atoms with Crippen LogP contribution in [-0.4, -0.2) is 26.4 Å². The first-order valence-corrected chi connectivity index (χ1v) is 9.91. The zero-order chi connectivity index (χ0) is 19.2. The molecule has 0 radical (unpaired) electrons. The van der Waals surface area contributed by atoms with Crippen LogP contribution in [0.4, 0.5) is 5.00 Å². The van der Waals surface area contributed by atoms with Crippen molar-refractivity contribution in [2.24, 2.45) is 7.05 Å². The van der Waals surface area contributed by atoms with Crippen molar-refractivity contribution in [3.8, 4) is 11.8 Å². The summed E-state index contributed by atoms with van der Waals surface area (Å²) in [7, 11) is 1.83. The number of carbonyl (C=O) groups is 1. The molecule has 0 aliphatic rings. The highest BCUT2D eigenvalue weighted by Gasteiger charge is 2.13. The summed E-state index contributed by atoms with van der Waals surface area (Å²) in [5, 5.41) is 22.9. The quantitative estimate of drug-likeness (QED) is 0.612. The molecule has 138 valence electrons. The first kappa shape index (κ1) is 18.9. The number of amides is 1. The number of hydrogen-bond acceptors (Lipinski definition) is 7. The van der Waals surface area contributed by atoms with Gasteiger partial charge < -0.3 is 14.6 Å². The maximum atomic E-state index is 12.1. The number of nitriles is 1. The number of rotatable bonds is 7. The molecule has 3 rings (SSSR count). The lowest BCUT2D eigenvalue weighted by Crippen LogP contribution is -2.14. The van der Waals surface area contributed by atoms with E-state index in [2.05, 4.69) is 15.5 Å². The second-order valence-corrected chi connectivity index (χ2v) is 7.53. The second-order valence-electron chi connectivity index (χ2n) is 5.67. The van der Waals surface area contributed by atoms with Crippen molar-refractivity contribution in [2.45, 2.75) is 18.7 Å². The molecule has 0 fully saturated rings. The summed E-state index contributed by atoms with van der Waals surface area (Å²) in [5.74, 6) is 1.41. The van der Waals surface area contributed by atoms with E-state index in [1.54, 1.807) is 16.0 Å². The summed E-state index contributed by atoms with van der Waals surface area (Å²) >= 11 is 2.60. The highest BCUT2D eigenvalue weighted by atomic mass is 32.2. The minimum Gasteiger partial charge on any atom is -0.486 e. The Morgan fingerprint density at radius 3 is 2.85 bits per heavy atom. The van der Waals surface area contributed by atoms with Gasteiger partial charge in [0.25, 0.3) is 0 Å². The summed E-state index contributed by atoms with van der Waals surface area (Å²) in [4.78, 5) is 12.1. The SMILES string of the molecule is Cc1ccc(OCc2nnc(SCC(=O)Nc3sccc3C#N)n2C)cc1. The van der Waals surface area contributed by atoms with Crippen LogP contribution in [0.1, 0.15) is 17.0 Å². The molecule has 0 atom stereocenters. The summed E-state index contributed by atoms with van der Waals surface area (Å²) in [5.41, 5.74) is 1.63. The molecule has 0 saturated heterocycles. The minimum atomic E-state index is -0.195. The predicted molar refractivity (Wildman–Crippen MR) is 105 cm³/mol. The lowest BCUT2D eigenvalue weighted by Gasteiger charge is -2.07. The van der Waals surface area contributed by atoms with E-state index < -0.39 is 0 Å². The van der Waals surface area contributed by atoms with Gasteiger partial charge in [-0.05, 0) is 30.5 Å². The van der Waals surface area contributed by atoms with Crippen molar-refractivity contribution >= 4 is 34.0 Å². The average Bonchev–Trinajstić information content (AvgIpc) is 3.26. The van der Waals surface area contributed by atoms with Crippen LogP contribution in [0.5, 0.6) is 5.75 Å². The average molecular weight is 400 g/mol. The van der Waals surface area contributed by atoms with Crippen molar-refractivity contribution < 1.29 is 9.53 Å². The van der Waals surface area contributed by atoms with Gasteiger partial charge in [-0.25, -0.2) is 0 Å². The van der Waals surface area contributed by atoms with E-state index in [1.165, 1.54) is 28.7 Å². The molecule has 2 aromatic heterocycles. The Hall–Kier alpha value is -2.83. The Morgan fingerprint density at radius 1 is 1.33 bits per heavy atom. The monoisotopic (exact) mass is 399 g/mol. The fraction of sp³-hybridized carbons (Fsp3) is 0.222. The predicted octanol–water partition coefficient (Wildman–Crippen LogP) is 3.37. The van der Waals surface area contributed by atoms with Gasteiger partial charge in [-0.2, -0.15) is 5.26 Å². The molecular weight excluding hydrogens is 382 g/mol. The Labute approximate surface area is 165 Å². The third-order valence-electron chi connectivity index (χ3n) is 3.68. The van der Waals surface area contributed by atoms with Gasteiger partial charge >= 0.3 is 0 Å². The number of nitrogens with one attached hydrogen (secondary N) is 1. The topological polar surface area (TPSA) is 92.8 Å². The number of aromatic nitrogens is 3. The van der Waals surface area contributed by atoms with Crippen LogP contribution in [0.3, 0.4) is 0 Å². The van der Waals surface area contributed by atoms with Crippen LogP contribution in [-0.2, 0) is 18.4 Å². The van der Waals surface area contributed by atoms with Crippen LogP contribution < -0.4 is 10.1 Å².